The number of anilines is 1. The van der Waals surface area contributed by atoms with Crippen LogP contribution in [0.5, 0.6) is 0 Å². The van der Waals surface area contributed by atoms with Crippen molar-refractivity contribution in [2.24, 2.45) is 0 Å². The van der Waals surface area contributed by atoms with Crippen molar-refractivity contribution in [2.45, 2.75) is 51.2 Å². The van der Waals surface area contributed by atoms with Crippen molar-refractivity contribution < 1.29 is 19.1 Å². The van der Waals surface area contributed by atoms with Gasteiger partial charge >= 0.3 is 11.9 Å². The highest BCUT2D eigenvalue weighted by molar-refractivity contribution is 5.93. The van der Waals surface area contributed by atoms with Crippen molar-refractivity contribution in [1.82, 2.24) is 14.8 Å². The smallest absolute Gasteiger partial charge is 0.338 e. The molecule has 1 atom stereocenters. The lowest BCUT2D eigenvalue weighted by atomic mass is 9.94. The minimum atomic E-state index is -0.489. The van der Waals surface area contributed by atoms with Crippen LogP contribution in [0.1, 0.15) is 61.0 Å². The van der Waals surface area contributed by atoms with Gasteiger partial charge in [-0.2, -0.15) is 10.1 Å². The van der Waals surface area contributed by atoms with Gasteiger partial charge in [-0.15, -0.1) is 0 Å². The van der Waals surface area contributed by atoms with Gasteiger partial charge in [0.2, 0.25) is 5.95 Å². The standard InChI is InChI=1S/C21H24N4O4/c1-13-17(20(27)29-16-6-4-3-5-7-16)18(25-21(24-13)22-12-23-25)14-8-10-15(11-9-14)19(26)28-2/h8-12,16,18H,3-7H2,1-2H3,(H,22,23,24)/t18-/m1/s1. The molecule has 1 aromatic heterocycles. The highest BCUT2D eigenvalue weighted by Gasteiger charge is 2.35. The van der Waals surface area contributed by atoms with Crippen LogP contribution in [0.4, 0.5) is 5.95 Å². The first kappa shape index (κ1) is 19.2. The van der Waals surface area contributed by atoms with Crippen LogP contribution in [-0.4, -0.2) is 39.9 Å². The fraction of sp³-hybridized carbons (Fsp3) is 0.429. The van der Waals surface area contributed by atoms with E-state index < -0.39 is 12.0 Å². The summed E-state index contributed by atoms with van der Waals surface area (Å²) in [7, 11) is 1.34. The molecule has 2 aromatic rings. The Hall–Kier alpha value is -3.16. The van der Waals surface area contributed by atoms with Crippen molar-refractivity contribution in [3.05, 3.63) is 53.0 Å². The molecule has 1 N–H and O–H groups in total. The Morgan fingerprint density at radius 1 is 1.10 bits per heavy atom. The highest BCUT2D eigenvalue weighted by Crippen LogP contribution is 2.36. The van der Waals surface area contributed by atoms with Gasteiger partial charge in [-0.1, -0.05) is 18.6 Å². The number of hydrogen-bond donors (Lipinski definition) is 1. The molecule has 4 rings (SSSR count). The monoisotopic (exact) mass is 396 g/mol. The van der Waals surface area contributed by atoms with E-state index in [-0.39, 0.29) is 12.1 Å². The number of nitrogens with zero attached hydrogens (tertiary/aromatic N) is 3. The summed E-state index contributed by atoms with van der Waals surface area (Å²) >= 11 is 0. The minimum absolute atomic E-state index is 0.0453. The van der Waals surface area contributed by atoms with Crippen LogP contribution in [0.15, 0.2) is 41.9 Å². The van der Waals surface area contributed by atoms with E-state index >= 15 is 0 Å². The largest absolute Gasteiger partial charge is 0.465 e. The minimum Gasteiger partial charge on any atom is -0.465 e. The number of aromatic nitrogens is 3. The number of benzene rings is 1. The van der Waals surface area contributed by atoms with Crippen LogP contribution < -0.4 is 5.32 Å². The number of rotatable bonds is 4. The zero-order valence-corrected chi connectivity index (χ0v) is 16.6. The molecule has 2 heterocycles. The number of methoxy groups -OCH3 is 1. The molecule has 0 radical (unpaired) electrons. The van der Waals surface area contributed by atoms with Crippen molar-refractivity contribution in [3.63, 3.8) is 0 Å². The number of ether oxygens (including phenoxy) is 2. The summed E-state index contributed by atoms with van der Waals surface area (Å²) in [5.41, 5.74) is 2.43. The Balaban J connectivity index is 1.68. The summed E-state index contributed by atoms with van der Waals surface area (Å²) in [5.74, 6) is -0.198. The summed E-state index contributed by atoms with van der Waals surface area (Å²) in [6, 6.07) is 6.47. The maximum atomic E-state index is 13.2. The second-order valence-corrected chi connectivity index (χ2v) is 7.37. The lowest BCUT2D eigenvalue weighted by molar-refractivity contribution is -0.146. The van der Waals surface area contributed by atoms with Gasteiger partial charge in [-0.05, 0) is 50.3 Å². The molecule has 152 valence electrons. The molecule has 1 aromatic carbocycles. The van der Waals surface area contributed by atoms with Gasteiger partial charge in [0.25, 0.3) is 0 Å². The second-order valence-electron chi connectivity index (χ2n) is 7.37. The molecule has 1 saturated carbocycles. The second kappa shape index (κ2) is 8.06. The number of hydrogen-bond acceptors (Lipinski definition) is 7. The average molecular weight is 396 g/mol. The summed E-state index contributed by atoms with van der Waals surface area (Å²) in [5, 5.41) is 7.45. The van der Waals surface area contributed by atoms with Crippen molar-refractivity contribution in [3.8, 4) is 0 Å². The van der Waals surface area contributed by atoms with Crippen LogP contribution in [0.3, 0.4) is 0 Å². The third kappa shape index (κ3) is 3.74. The topological polar surface area (TPSA) is 95.3 Å². The first-order valence-electron chi connectivity index (χ1n) is 9.85. The summed E-state index contributed by atoms with van der Waals surface area (Å²) in [4.78, 5) is 29.2. The molecule has 0 unspecified atom stereocenters. The molecule has 1 aliphatic heterocycles. The fourth-order valence-electron chi connectivity index (χ4n) is 3.98. The quantitative estimate of drug-likeness (QED) is 0.793. The van der Waals surface area contributed by atoms with Crippen LogP contribution in [-0.2, 0) is 14.3 Å². The number of nitrogens with one attached hydrogen (secondary N) is 1. The van der Waals surface area contributed by atoms with E-state index in [0.29, 0.717) is 22.8 Å². The molecule has 1 aliphatic carbocycles. The van der Waals surface area contributed by atoms with Gasteiger partial charge in [-0.25, -0.2) is 14.3 Å². The normalized spacial score (nSPS) is 19.3. The van der Waals surface area contributed by atoms with Crippen LogP contribution in [0.2, 0.25) is 0 Å². The van der Waals surface area contributed by atoms with E-state index in [1.54, 1.807) is 28.9 Å². The number of carbonyl (C=O) groups is 2. The summed E-state index contributed by atoms with van der Waals surface area (Å²) in [6.07, 6.45) is 6.56. The summed E-state index contributed by atoms with van der Waals surface area (Å²) < 4.78 is 12.3. The van der Waals surface area contributed by atoms with E-state index in [4.69, 9.17) is 9.47 Å². The van der Waals surface area contributed by atoms with E-state index in [1.807, 2.05) is 6.92 Å². The Bertz CT molecular complexity index is 942. The lowest BCUT2D eigenvalue weighted by Crippen LogP contribution is -2.32. The molecule has 29 heavy (non-hydrogen) atoms. The van der Waals surface area contributed by atoms with Crippen LogP contribution in [0, 0.1) is 0 Å². The third-order valence-electron chi connectivity index (χ3n) is 5.49. The molecular weight excluding hydrogens is 372 g/mol. The molecule has 0 amide bonds. The zero-order valence-electron chi connectivity index (χ0n) is 16.6. The third-order valence-corrected chi connectivity index (χ3v) is 5.49. The molecule has 1 fully saturated rings. The first-order chi connectivity index (χ1) is 14.1. The number of fused-ring (bicyclic) bond motifs is 1. The van der Waals surface area contributed by atoms with Gasteiger partial charge in [-0.3, -0.25) is 0 Å². The molecule has 2 aliphatic rings. The number of allylic oxidation sites excluding steroid dienone is 1. The SMILES string of the molecule is COC(=O)c1ccc([C@@H]2C(C(=O)OC3CCCCC3)=C(C)Nc3ncnn32)cc1. The Labute approximate surface area is 168 Å². The summed E-state index contributed by atoms with van der Waals surface area (Å²) in [6.45, 7) is 1.84. The predicted octanol–water partition coefficient (Wildman–Crippen LogP) is 3.23. The molecule has 0 saturated heterocycles. The number of esters is 2. The van der Waals surface area contributed by atoms with Gasteiger partial charge in [0.1, 0.15) is 18.5 Å². The van der Waals surface area contributed by atoms with Crippen molar-refractivity contribution in [1.29, 1.82) is 0 Å². The average Bonchev–Trinajstić information content (AvgIpc) is 3.21. The van der Waals surface area contributed by atoms with Gasteiger partial charge in [0.05, 0.1) is 18.2 Å². The molecule has 0 bridgehead atoms. The van der Waals surface area contributed by atoms with Gasteiger partial charge in [0, 0.05) is 5.70 Å². The molecule has 8 nitrogen and oxygen atoms in total. The Kier molecular flexibility index (Phi) is 5.33. The molecule has 8 heteroatoms. The van der Waals surface area contributed by atoms with Crippen molar-refractivity contribution in [2.75, 3.05) is 12.4 Å². The van der Waals surface area contributed by atoms with E-state index in [9.17, 15) is 9.59 Å². The highest BCUT2D eigenvalue weighted by atomic mass is 16.5. The van der Waals surface area contributed by atoms with E-state index in [0.717, 1.165) is 31.2 Å². The molecule has 0 spiro atoms. The van der Waals surface area contributed by atoms with Crippen LogP contribution >= 0.6 is 0 Å². The van der Waals surface area contributed by atoms with E-state index in [1.165, 1.54) is 19.9 Å². The maximum absolute atomic E-state index is 13.2. The Morgan fingerprint density at radius 3 is 2.52 bits per heavy atom. The fourth-order valence-corrected chi connectivity index (χ4v) is 3.98. The Morgan fingerprint density at radius 2 is 1.83 bits per heavy atom. The van der Waals surface area contributed by atoms with Gasteiger partial charge in [0.15, 0.2) is 0 Å². The number of carbonyl (C=O) groups excluding carboxylic acids is 2. The predicted molar refractivity (Wildman–Crippen MR) is 105 cm³/mol. The lowest BCUT2D eigenvalue weighted by Gasteiger charge is -2.30. The van der Waals surface area contributed by atoms with E-state index in [2.05, 4.69) is 15.4 Å². The molecular formula is C21H24N4O4. The first-order valence-corrected chi connectivity index (χ1v) is 9.85. The maximum Gasteiger partial charge on any atom is 0.338 e. The zero-order chi connectivity index (χ0) is 20.4. The van der Waals surface area contributed by atoms with Crippen LogP contribution in [0.25, 0.3) is 0 Å². The van der Waals surface area contributed by atoms with Gasteiger partial charge < -0.3 is 14.8 Å². The van der Waals surface area contributed by atoms with Crippen molar-refractivity contribution >= 4 is 17.9 Å².